The number of hydrogen-bond acceptors (Lipinski definition) is 4. The molecule has 1 aliphatic heterocycles. The van der Waals surface area contributed by atoms with Gasteiger partial charge < -0.3 is 9.64 Å². The normalized spacial score (nSPS) is 13.1. The van der Waals surface area contributed by atoms with E-state index in [4.69, 9.17) is 4.74 Å². The molecule has 102 valence electrons. The predicted molar refractivity (Wildman–Crippen MR) is 77.1 cm³/mol. The van der Waals surface area contributed by atoms with Gasteiger partial charge in [0.15, 0.2) is 6.61 Å². The number of rotatable bonds is 3. The van der Waals surface area contributed by atoms with Crippen LogP contribution in [0.4, 0.5) is 5.69 Å². The van der Waals surface area contributed by atoms with Crippen LogP contribution >= 0.6 is 11.3 Å². The lowest BCUT2D eigenvalue weighted by atomic mass is 10.2. The molecular formula is C15H13NO3S. The Morgan fingerprint density at radius 3 is 2.90 bits per heavy atom. The minimum atomic E-state index is -0.452. The molecule has 0 atom stereocenters. The Morgan fingerprint density at radius 2 is 2.10 bits per heavy atom. The fraction of sp³-hybridized carbons (Fsp3) is 0.200. The van der Waals surface area contributed by atoms with Crippen molar-refractivity contribution < 1.29 is 14.3 Å². The summed E-state index contributed by atoms with van der Waals surface area (Å²) in [5.74, 6) is -0.634. The smallest absolute Gasteiger partial charge is 0.339 e. The lowest BCUT2D eigenvalue weighted by Gasteiger charge is -2.16. The number of carbonyl (C=O) groups excluding carboxylic acids is 2. The van der Waals surface area contributed by atoms with Gasteiger partial charge in [0, 0.05) is 17.6 Å². The van der Waals surface area contributed by atoms with E-state index in [9.17, 15) is 9.59 Å². The highest BCUT2D eigenvalue weighted by atomic mass is 32.1. The molecule has 2 heterocycles. The molecule has 4 nitrogen and oxygen atoms in total. The van der Waals surface area contributed by atoms with Gasteiger partial charge in [-0.05, 0) is 29.5 Å². The molecule has 0 radical (unpaired) electrons. The number of esters is 1. The molecule has 3 rings (SSSR count). The van der Waals surface area contributed by atoms with Crippen LogP contribution in [-0.4, -0.2) is 25.0 Å². The summed E-state index contributed by atoms with van der Waals surface area (Å²) in [7, 11) is 0. The number of para-hydroxylation sites is 1. The zero-order valence-corrected chi connectivity index (χ0v) is 11.6. The Kier molecular flexibility index (Phi) is 3.52. The second-order valence-corrected chi connectivity index (χ2v) is 5.29. The minimum absolute atomic E-state index is 0.182. The van der Waals surface area contributed by atoms with Gasteiger partial charge in [-0.25, -0.2) is 4.79 Å². The van der Waals surface area contributed by atoms with Crippen molar-refractivity contribution in [2.75, 3.05) is 18.1 Å². The fourth-order valence-corrected chi connectivity index (χ4v) is 2.89. The van der Waals surface area contributed by atoms with Gasteiger partial charge in [0.1, 0.15) is 0 Å². The maximum Gasteiger partial charge on any atom is 0.339 e. The second kappa shape index (κ2) is 5.46. The number of fused-ring (bicyclic) bond motifs is 1. The van der Waals surface area contributed by atoms with Crippen LogP contribution in [0.2, 0.25) is 0 Å². The quantitative estimate of drug-likeness (QED) is 0.815. The molecule has 0 fully saturated rings. The van der Waals surface area contributed by atoms with Crippen molar-refractivity contribution in [1.82, 2.24) is 0 Å². The molecule has 1 aliphatic rings. The molecule has 1 aromatic carbocycles. The van der Waals surface area contributed by atoms with Gasteiger partial charge >= 0.3 is 5.97 Å². The van der Waals surface area contributed by atoms with Crippen LogP contribution in [0.15, 0.2) is 41.1 Å². The number of carbonyl (C=O) groups is 2. The summed E-state index contributed by atoms with van der Waals surface area (Å²) >= 11 is 1.42. The number of anilines is 1. The number of benzene rings is 1. The van der Waals surface area contributed by atoms with E-state index in [0.717, 1.165) is 17.7 Å². The fourth-order valence-electron chi connectivity index (χ4n) is 2.27. The average Bonchev–Trinajstić information content (AvgIpc) is 3.13. The number of nitrogens with zero attached hydrogens (tertiary/aromatic N) is 1. The Balaban J connectivity index is 1.62. The molecule has 0 bridgehead atoms. The molecule has 1 amide bonds. The molecule has 0 N–H and O–H groups in total. The van der Waals surface area contributed by atoms with Crippen LogP contribution in [0.5, 0.6) is 0 Å². The monoisotopic (exact) mass is 287 g/mol. The summed E-state index contributed by atoms with van der Waals surface area (Å²) < 4.78 is 5.05. The molecule has 1 aromatic heterocycles. The van der Waals surface area contributed by atoms with E-state index in [-0.39, 0.29) is 12.5 Å². The first-order valence-corrected chi connectivity index (χ1v) is 7.27. The Hall–Kier alpha value is -2.14. The van der Waals surface area contributed by atoms with Crippen LogP contribution < -0.4 is 4.90 Å². The molecule has 0 saturated carbocycles. The number of ether oxygens (including phenoxy) is 1. The number of amides is 1. The zero-order chi connectivity index (χ0) is 13.9. The second-order valence-electron chi connectivity index (χ2n) is 4.51. The van der Waals surface area contributed by atoms with Crippen LogP contribution in [0, 0.1) is 0 Å². The van der Waals surface area contributed by atoms with E-state index in [1.54, 1.807) is 21.7 Å². The van der Waals surface area contributed by atoms with E-state index in [2.05, 4.69) is 0 Å². The van der Waals surface area contributed by atoms with Gasteiger partial charge in [-0.3, -0.25) is 4.79 Å². The Labute approximate surface area is 120 Å². The molecule has 0 spiro atoms. The van der Waals surface area contributed by atoms with Gasteiger partial charge in [0.2, 0.25) is 0 Å². The summed E-state index contributed by atoms with van der Waals surface area (Å²) in [6, 6.07) is 9.48. The highest BCUT2D eigenvalue weighted by Crippen LogP contribution is 2.27. The van der Waals surface area contributed by atoms with Crippen LogP contribution in [0.3, 0.4) is 0 Å². The number of thiophene rings is 1. The lowest BCUT2D eigenvalue weighted by Crippen LogP contribution is -2.33. The minimum Gasteiger partial charge on any atom is -0.452 e. The standard InChI is InChI=1S/C15H13NO3S/c17-14(9-19-15(18)12-6-8-20-10-12)16-7-5-11-3-1-2-4-13(11)16/h1-4,6,8,10H,5,7,9H2. The molecule has 0 aliphatic carbocycles. The maximum absolute atomic E-state index is 12.1. The van der Waals surface area contributed by atoms with Gasteiger partial charge in [0.25, 0.3) is 5.91 Å². The summed E-state index contributed by atoms with van der Waals surface area (Å²) in [5, 5.41) is 3.51. The van der Waals surface area contributed by atoms with Crippen molar-refractivity contribution in [3.05, 3.63) is 52.2 Å². The lowest BCUT2D eigenvalue weighted by molar-refractivity contribution is -0.121. The predicted octanol–water partition coefficient (Wildman–Crippen LogP) is 2.49. The maximum atomic E-state index is 12.1. The van der Waals surface area contributed by atoms with Crippen molar-refractivity contribution >= 4 is 28.9 Å². The van der Waals surface area contributed by atoms with Crippen LogP contribution in [-0.2, 0) is 16.0 Å². The van der Waals surface area contributed by atoms with Gasteiger partial charge in [-0.15, -0.1) is 0 Å². The summed E-state index contributed by atoms with van der Waals surface area (Å²) in [6.45, 7) is 0.428. The van der Waals surface area contributed by atoms with E-state index in [0.29, 0.717) is 12.1 Å². The van der Waals surface area contributed by atoms with Gasteiger partial charge in [0.05, 0.1) is 5.56 Å². The third kappa shape index (κ3) is 2.44. The van der Waals surface area contributed by atoms with Crippen LogP contribution in [0.25, 0.3) is 0 Å². The molecule has 0 unspecified atom stereocenters. The van der Waals surface area contributed by atoms with Crippen molar-refractivity contribution in [3.63, 3.8) is 0 Å². The first-order chi connectivity index (χ1) is 9.75. The zero-order valence-electron chi connectivity index (χ0n) is 10.7. The van der Waals surface area contributed by atoms with Gasteiger partial charge in [-0.2, -0.15) is 11.3 Å². The molecular weight excluding hydrogens is 274 g/mol. The largest absolute Gasteiger partial charge is 0.452 e. The van der Waals surface area contributed by atoms with Crippen molar-refractivity contribution in [2.24, 2.45) is 0 Å². The number of hydrogen-bond donors (Lipinski definition) is 0. The van der Waals surface area contributed by atoms with Crippen molar-refractivity contribution in [2.45, 2.75) is 6.42 Å². The third-order valence-corrected chi connectivity index (χ3v) is 3.96. The van der Waals surface area contributed by atoms with Crippen molar-refractivity contribution in [3.8, 4) is 0 Å². The van der Waals surface area contributed by atoms with E-state index in [1.807, 2.05) is 24.3 Å². The molecule has 5 heteroatoms. The first-order valence-electron chi connectivity index (χ1n) is 6.33. The summed E-state index contributed by atoms with van der Waals surface area (Å²) in [5.41, 5.74) is 2.57. The van der Waals surface area contributed by atoms with Crippen LogP contribution in [0.1, 0.15) is 15.9 Å². The summed E-state index contributed by atoms with van der Waals surface area (Å²) in [4.78, 5) is 25.5. The highest BCUT2D eigenvalue weighted by Gasteiger charge is 2.24. The molecule has 20 heavy (non-hydrogen) atoms. The van der Waals surface area contributed by atoms with E-state index >= 15 is 0 Å². The molecule has 2 aromatic rings. The third-order valence-electron chi connectivity index (χ3n) is 3.27. The van der Waals surface area contributed by atoms with E-state index < -0.39 is 5.97 Å². The van der Waals surface area contributed by atoms with E-state index in [1.165, 1.54) is 11.3 Å². The molecule has 0 saturated heterocycles. The summed E-state index contributed by atoms with van der Waals surface area (Å²) in [6.07, 6.45) is 0.848. The topological polar surface area (TPSA) is 46.6 Å². The Bertz CT molecular complexity index is 636. The Morgan fingerprint density at radius 1 is 1.25 bits per heavy atom. The first kappa shape index (κ1) is 12.9. The average molecular weight is 287 g/mol. The SMILES string of the molecule is O=C(OCC(=O)N1CCc2ccccc21)c1ccsc1. The van der Waals surface area contributed by atoms with Crippen molar-refractivity contribution in [1.29, 1.82) is 0 Å². The highest BCUT2D eigenvalue weighted by molar-refractivity contribution is 7.08. The van der Waals surface area contributed by atoms with Gasteiger partial charge in [-0.1, -0.05) is 18.2 Å².